The summed E-state index contributed by atoms with van der Waals surface area (Å²) in [5.74, 6) is -1.28. The van der Waals surface area contributed by atoms with E-state index in [1.807, 2.05) is 30.3 Å². The largest absolute Gasteiger partial charge is 0.318 e. The molecule has 0 aliphatic carbocycles. The van der Waals surface area contributed by atoms with Gasteiger partial charge in [-0.25, -0.2) is 8.78 Å². The zero-order chi connectivity index (χ0) is 14.8. The SMILES string of the molecule is NC(c1ccccc1)c1nnc(-c2ccc(F)cc2F)s1. The molecule has 0 fully saturated rings. The molecule has 0 saturated heterocycles. The summed E-state index contributed by atoms with van der Waals surface area (Å²) in [6, 6.07) is 12.4. The number of aromatic nitrogens is 2. The van der Waals surface area contributed by atoms with Gasteiger partial charge in [0, 0.05) is 11.6 Å². The molecular formula is C15H11F2N3S. The fourth-order valence-corrected chi connectivity index (χ4v) is 2.83. The first-order valence-electron chi connectivity index (χ1n) is 6.24. The van der Waals surface area contributed by atoms with Gasteiger partial charge in [-0.1, -0.05) is 41.7 Å². The van der Waals surface area contributed by atoms with E-state index >= 15 is 0 Å². The molecule has 106 valence electrons. The molecule has 0 aliphatic heterocycles. The zero-order valence-electron chi connectivity index (χ0n) is 10.8. The third-order valence-corrected chi connectivity index (χ3v) is 4.07. The van der Waals surface area contributed by atoms with E-state index in [4.69, 9.17) is 5.73 Å². The highest BCUT2D eigenvalue weighted by molar-refractivity contribution is 7.14. The van der Waals surface area contributed by atoms with Crippen LogP contribution in [0.3, 0.4) is 0 Å². The molecule has 2 N–H and O–H groups in total. The summed E-state index contributed by atoms with van der Waals surface area (Å²) >= 11 is 1.20. The predicted molar refractivity (Wildman–Crippen MR) is 77.7 cm³/mol. The maximum Gasteiger partial charge on any atom is 0.150 e. The molecule has 3 nitrogen and oxygen atoms in total. The second-order valence-corrected chi connectivity index (χ2v) is 5.47. The molecule has 0 amide bonds. The quantitative estimate of drug-likeness (QED) is 0.805. The summed E-state index contributed by atoms with van der Waals surface area (Å²) in [4.78, 5) is 0. The molecule has 6 heteroatoms. The summed E-state index contributed by atoms with van der Waals surface area (Å²) in [6.45, 7) is 0. The fourth-order valence-electron chi connectivity index (χ4n) is 1.93. The molecule has 21 heavy (non-hydrogen) atoms. The van der Waals surface area contributed by atoms with Crippen LogP contribution < -0.4 is 5.73 Å². The molecular weight excluding hydrogens is 292 g/mol. The molecule has 1 heterocycles. The summed E-state index contributed by atoms with van der Waals surface area (Å²) in [7, 11) is 0. The molecule has 3 aromatic rings. The van der Waals surface area contributed by atoms with Crippen LogP contribution in [0.5, 0.6) is 0 Å². The third-order valence-electron chi connectivity index (χ3n) is 3.03. The van der Waals surface area contributed by atoms with Crippen LogP contribution in [0.4, 0.5) is 8.78 Å². The third kappa shape index (κ3) is 2.81. The lowest BCUT2D eigenvalue weighted by molar-refractivity contribution is 0.585. The summed E-state index contributed by atoms with van der Waals surface area (Å²) in [6.07, 6.45) is 0. The minimum Gasteiger partial charge on any atom is -0.318 e. The van der Waals surface area contributed by atoms with Crippen molar-refractivity contribution >= 4 is 11.3 Å². The lowest BCUT2D eigenvalue weighted by Crippen LogP contribution is -2.11. The van der Waals surface area contributed by atoms with Gasteiger partial charge in [0.05, 0.1) is 6.04 Å². The van der Waals surface area contributed by atoms with E-state index < -0.39 is 17.7 Å². The van der Waals surface area contributed by atoms with Gasteiger partial charge in [0.2, 0.25) is 0 Å². The van der Waals surface area contributed by atoms with Crippen molar-refractivity contribution in [3.8, 4) is 10.6 Å². The average molecular weight is 303 g/mol. The predicted octanol–water partition coefficient (Wildman–Crippen LogP) is 3.53. The van der Waals surface area contributed by atoms with Crippen molar-refractivity contribution in [3.05, 3.63) is 70.7 Å². The smallest absolute Gasteiger partial charge is 0.150 e. The zero-order valence-corrected chi connectivity index (χ0v) is 11.6. The van der Waals surface area contributed by atoms with E-state index in [2.05, 4.69) is 10.2 Å². The van der Waals surface area contributed by atoms with Gasteiger partial charge in [-0.05, 0) is 17.7 Å². The Kier molecular flexibility index (Phi) is 3.72. The number of rotatable bonds is 3. The Labute approximate surface area is 124 Å². The maximum atomic E-state index is 13.7. The average Bonchev–Trinajstić information content (AvgIpc) is 2.97. The molecule has 0 aliphatic rings. The highest BCUT2D eigenvalue weighted by atomic mass is 32.1. The van der Waals surface area contributed by atoms with E-state index in [0.717, 1.165) is 11.6 Å². The number of halogens is 2. The van der Waals surface area contributed by atoms with Gasteiger partial charge >= 0.3 is 0 Å². The van der Waals surface area contributed by atoms with E-state index in [9.17, 15) is 8.78 Å². The Morgan fingerprint density at radius 3 is 2.48 bits per heavy atom. The second kappa shape index (κ2) is 5.67. The van der Waals surface area contributed by atoms with Gasteiger partial charge in [0.25, 0.3) is 0 Å². The van der Waals surface area contributed by atoms with Gasteiger partial charge in [-0.3, -0.25) is 0 Å². The van der Waals surface area contributed by atoms with Crippen LogP contribution in [-0.4, -0.2) is 10.2 Å². The minimum absolute atomic E-state index is 0.223. The Balaban J connectivity index is 1.93. The van der Waals surface area contributed by atoms with E-state index in [-0.39, 0.29) is 5.56 Å². The van der Waals surface area contributed by atoms with Crippen LogP contribution in [0.1, 0.15) is 16.6 Å². The van der Waals surface area contributed by atoms with Gasteiger partial charge in [0.15, 0.2) is 5.01 Å². The van der Waals surface area contributed by atoms with Crippen LogP contribution in [0.15, 0.2) is 48.5 Å². The number of benzene rings is 2. The Morgan fingerprint density at radius 1 is 1.00 bits per heavy atom. The Hall–Kier alpha value is -2.18. The second-order valence-electron chi connectivity index (χ2n) is 4.46. The summed E-state index contributed by atoms with van der Waals surface area (Å²) in [5.41, 5.74) is 7.25. The van der Waals surface area contributed by atoms with E-state index in [1.165, 1.54) is 23.5 Å². The van der Waals surface area contributed by atoms with Crippen LogP contribution in [-0.2, 0) is 0 Å². The van der Waals surface area contributed by atoms with Crippen molar-refractivity contribution in [2.75, 3.05) is 0 Å². The molecule has 0 saturated carbocycles. The highest BCUT2D eigenvalue weighted by Gasteiger charge is 2.17. The minimum atomic E-state index is -0.661. The standard InChI is InChI=1S/C15H11F2N3S/c16-10-6-7-11(12(17)8-10)14-19-20-15(21-14)13(18)9-4-2-1-3-5-9/h1-8,13H,18H2. The molecule has 2 aromatic carbocycles. The number of hydrogen-bond donors (Lipinski definition) is 1. The molecule has 0 spiro atoms. The Bertz CT molecular complexity index is 759. The maximum absolute atomic E-state index is 13.7. The first-order chi connectivity index (χ1) is 10.1. The normalized spacial score (nSPS) is 12.3. The molecule has 1 aromatic heterocycles. The molecule has 1 unspecified atom stereocenters. The number of nitrogens with zero attached hydrogens (tertiary/aromatic N) is 2. The van der Waals surface area contributed by atoms with Crippen molar-refractivity contribution in [2.24, 2.45) is 5.73 Å². The lowest BCUT2D eigenvalue weighted by atomic mass is 10.1. The van der Waals surface area contributed by atoms with Crippen molar-refractivity contribution in [1.82, 2.24) is 10.2 Å². The number of hydrogen-bond acceptors (Lipinski definition) is 4. The van der Waals surface area contributed by atoms with Crippen molar-refractivity contribution in [1.29, 1.82) is 0 Å². The van der Waals surface area contributed by atoms with Gasteiger partial charge in [-0.15, -0.1) is 10.2 Å². The molecule has 3 rings (SSSR count). The monoisotopic (exact) mass is 303 g/mol. The first kappa shape index (κ1) is 13.8. The van der Waals surface area contributed by atoms with Crippen LogP contribution in [0, 0.1) is 11.6 Å². The van der Waals surface area contributed by atoms with E-state index in [1.54, 1.807) is 0 Å². The summed E-state index contributed by atoms with van der Waals surface area (Å²) in [5, 5.41) is 8.93. The van der Waals surface area contributed by atoms with Gasteiger partial charge in [-0.2, -0.15) is 0 Å². The lowest BCUT2D eigenvalue weighted by Gasteiger charge is -2.06. The molecule has 0 bridgehead atoms. The van der Waals surface area contributed by atoms with Gasteiger partial charge < -0.3 is 5.73 Å². The van der Waals surface area contributed by atoms with Gasteiger partial charge in [0.1, 0.15) is 16.6 Å². The van der Waals surface area contributed by atoms with Crippen molar-refractivity contribution in [2.45, 2.75) is 6.04 Å². The summed E-state index contributed by atoms with van der Waals surface area (Å²) < 4.78 is 26.7. The Morgan fingerprint density at radius 2 is 1.76 bits per heavy atom. The van der Waals surface area contributed by atoms with Crippen molar-refractivity contribution in [3.63, 3.8) is 0 Å². The van der Waals surface area contributed by atoms with Crippen LogP contribution >= 0.6 is 11.3 Å². The van der Waals surface area contributed by atoms with Crippen LogP contribution in [0.25, 0.3) is 10.6 Å². The molecule has 1 atom stereocenters. The topological polar surface area (TPSA) is 51.8 Å². The first-order valence-corrected chi connectivity index (χ1v) is 7.06. The number of nitrogens with two attached hydrogens (primary N) is 1. The van der Waals surface area contributed by atoms with Crippen LogP contribution in [0.2, 0.25) is 0 Å². The van der Waals surface area contributed by atoms with Crippen molar-refractivity contribution < 1.29 is 8.78 Å². The van der Waals surface area contributed by atoms with E-state index in [0.29, 0.717) is 10.0 Å². The highest BCUT2D eigenvalue weighted by Crippen LogP contribution is 2.30. The molecule has 0 radical (unpaired) electrons. The fraction of sp³-hybridized carbons (Fsp3) is 0.0667.